The molecule has 6 heteroatoms. The zero-order valence-electron chi connectivity index (χ0n) is 16.1. The molecule has 1 saturated heterocycles. The molecule has 0 saturated carbocycles. The molecule has 144 valence electrons. The Morgan fingerprint density at radius 1 is 1.18 bits per heavy atom. The van der Waals surface area contributed by atoms with Crippen LogP contribution in [0.3, 0.4) is 0 Å². The first kappa shape index (κ1) is 17.1. The number of nitrogens with one attached hydrogen (secondary N) is 1. The van der Waals surface area contributed by atoms with E-state index in [0.29, 0.717) is 31.2 Å². The quantitative estimate of drug-likeness (QED) is 0.747. The predicted octanol–water partition coefficient (Wildman–Crippen LogP) is 2.91. The Bertz CT molecular complexity index is 1140. The first-order valence-electron chi connectivity index (χ1n) is 9.70. The van der Waals surface area contributed by atoms with Crippen LogP contribution in [-0.4, -0.2) is 40.6 Å². The monoisotopic (exact) mass is 377 g/mol. The van der Waals surface area contributed by atoms with Gasteiger partial charge in [-0.1, -0.05) is 6.07 Å². The summed E-state index contributed by atoms with van der Waals surface area (Å²) < 4.78 is 7.21. The molecule has 2 atom stereocenters. The third-order valence-corrected chi connectivity index (χ3v) is 6.25. The van der Waals surface area contributed by atoms with Crippen LogP contribution < -0.4 is 10.3 Å². The number of benzene rings is 1. The summed E-state index contributed by atoms with van der Waals surface area (Å²) in [4.78, 5) is 30.8. The number of hydrogen-bond donors (Lipinski definition) is 1. The van der Waals surface area contributed by atoms with Crippen molar-refractivity contribution in [2.24, 2.45) is 5.92 Å². The number of nitrogens with zero attached hydrogens (tertiary/aromatic N) is 2. The molecule has 0 unspecified atom stereocenters. The number of piperidine rings is 1. The van der Waals surface area contributed by atoms with E-state index in [2.05, 4.69) is 4.98 Å². The first-order valence-corrected chi connectivity index (χ1v) is 9.70. The third kappa shape index (κ3) is 2.55. The molecular formula is C22H23N3O3. The number of aromatic amines is 1. The van der Waals surface area contributed by atoms with E-state index in [-0.39, 0.29) is 17.4 Å². The number of aromatic nitrogens is 2. The highest BCUT2D eigenvalue weighted by molar-refractivity contribution is 6.01. The Morgan fingerprint density at radius 2 is 2.04 bits per heavy atom. The lowest BCUT2D eigenvalue weighted by molar-refractivity contribution is 0.0589. The van der Waals surface area contributed by atoms with Crippen LogP contribution in [0, 0.1) is 12.8 Å². The Kier molecular flexibility index (Phi) is 3.82. The van der Waals surface area contributed by atoms with Crippen LogP contribution in [-0.2, 0) is 6.54 Å². The molecule has 2 aliphatic heterocycles. The number of fused-ring (bicyclic) bond motifs is 5. The van der Waals surface area contributed by atoms with Crippen molar-refractivity contribution < 1.29 is 9.53 Å². The smallest absolute Gasteiger partial charge is 0.270 e. The second-order valence-corrected chi connectivity index (χ2v) is 7.94. The first-order chi connectivity index (χ1) is 13.5. The molecule has 1 fully saturated rings. The van der Waals surface area contributed by atoms with Gasteiger partial charge in [-0.25, -0.2) is 0 Å². The third-order valence-electron chi connectivity index (χ3n) is 6.25. The van der Waals surface area contributed by atoms with Crippen LogP contribution >= 0.6 is 0 Å². The van der Waals surface area contributed by atoms with Crippen LogP contribution in [0.4, 0.5) is 0 Å². The molecule has 4 heterocycles. The molecule has 2 aliphatic rings. The number of hydrogen-bond acceptors (Lipinski definition) is 3. The van der Waals surface area contributed by atoms with Crippen LogP contribution in [0.1, 0.15) is 34.1 Å². The number of carbonyl (C=O) groups is 1. The van der Waals surface area contributed by atoms with Crippen LogP contribution in [0.25, 0.3) is 10.9 Å². The molecule has 3 aromatic rings. The number of carbonyl (C=O) groups excluding carboxylic acids is 1. The van der Waals surface area contributed by atoms with Crippen molar-refractivity contribution in [1.29, 1.82) is 0 Å². The highest BCUT2D eigenvalue weighted by Gasteiger charge is 2.37. The predicted molar refractivity (Wildman–Crippen MR) is 107 cm³/mol. The van der Waals surface area contributed by atoms with Crippen molar-refractivity contribution in [1.82, 2.24) is 14.5 Å². The van der Waals surface area contributed by atoms with Gasteiger partial charge in [-0.05, 0) is 49.1 Å². The van der Waals surface area contributed by atoms with Gasteiger partial charge in [0.2, 0.25) is 0 Å². The van der Waals surface area contributed by atoms with Crippen molar-refractivity contribution >= 4 is 16.8 Å². The van der Waals surface area contributed by atoms with E-state index in [1.165, 1.54) is 0 Å². The van der Waals surface area contributed by atoms with Gasteiger partial charge in [-0.15, -0.1) is 0 Å². The molecule has 0 spiro atoms. The van der Waals surface area contributed by atoms with Crippen molar-refractivity contribution in [3.8, 4) is 5.75 Å². The van der Waals surface area contributed by atoms with Gasteiger partial charge in [-0.3, -0.25) is 9.59 Å². The normalized spacial score (nSPS) is 20.9. The maximum Gasteiger partial charge on any atom is 0.270 e. The molecule has 2 aromatic heterocycles. The minimum absolute atomic E-state index is 0.0362. The lowest BCUT2D eigenvalue weighted by Gasteiger charge is -2.42. The van der Waals surface area contributed by atoms with E-state index in [1.54, 1.807) is 13.2 Å². The molecule has 2 bridgehead atoms. The SMILES string of the molecule is COc1ccc2[nH]c(C(=O)N3C[C@@H]4C[C@@H](C3)c3cccc(=O)n3C4)c(C)c2c1. The number of ether oxygens (including phenoxy) is 1. The average molecular weight is 377 g/mol. The Labute approximate surface area is 162 Å². The van der Waals surface area contributed by atoms with Gasteiger partial charge in [0.05, 0.1) is 7.11 Å². The molecule has 1 aromatic carbocycles. The lowest BCUT2D eigenvalue weighted by Crippen LogP contribution is -2.49. The van der Waals surface area contributed by atoms with Gasteiger partial charge >= 0.3 is 0 Å². The molecule has 1 amide bonds. The molecule has 0 radical (unpaired) electrons. The highest BCUT2D eigenvalue weighted by atomic mass is 16.5. The van der Waals surface area contributed by atoms with E-state index < -0.39 is 0 Å². The van der Waals surface area contributed by atoms with E-state index in [1.807, 2.05) is 46.7 Å². The Hall–Kier alpha value is -3.02. The van der Waals surface area contributed by atoms with E-state index in [4.69, 9.17) is 4.74 Å². The Balaban J connectivity index is 1.48. The highest BCUT2D eigenvalue weighted by Crippen LogP contribution is 2.36. The van der Waals surface area contributed by atoms with Crippen LogP contribution in [0.2, 0.25) is 0 Å². The van der Waals surface area contributed by atoms with Crippen molar-refractivity contribution in [3.63, 3.8) is 0 Å². The zero-order chi connectivity index (χ0) is 19.4. The van der Waals surface area contributed by atoms with Crippen molar-refractivity contribution in [2.45, 2.75) is 25.8 Å². The molecular weight excluding hydrogens is 354 g/mol. The van der Waals surface area contributed by atoms with Crippen LogP contribution in [0.5, 0.6) is 5.75 Å². The molecule has 6 nitrogen and oxygen atoms in total. The van der Waals surface area contributed by atoms with Gasteiger partial charge < -0.3 is 19.2 Å². The summed E-state index contributed by atoms with van der Waals surface area (Å²) >= 11 is 0. The standard InChI is InChI=1S/C22H23N3O3/c1-13-17-9-16(28-2)6-7-18(17)23-21(13)22(27)24-10-14-8-15(12-24)19-4-3-5-20(26)25(19)11-14/h3-7,9,14-15,23H,8,10-12H2,1-2H3/t14-,15-/m0/s1. The van der Waals surface area contributed by atoms with Gasteiger partial charge in [-0.2, -0.15) is 0 Å². The zero-order valence-corrected chi connectivity index (χ0v) is 16.1. The minimum Gasteiger partial charge on any atom is -0.497 e. The largest absolute Gasteiger partial charge is 0.497 e. The fourth-order valence-electron chi connectivity index (χ4n) is 4.87. The van der Waals surface area contributed by atoms with Gasteiger partial charge in [0, 0.05) is 48.2 Å². The number of H-pyrrole nitrogens is 1. The van der Waals surface area contributed by atoms with Gasteiger partial charge in [0.1, 0.15) is 11.4 Å². The summed E-state index contributed by atoms with van der Waals surface area (Å²) in [5.74, 6) is 1.35. The topological polar surface area (TPSA) is 67.3 Å². The van der Waals surface area contributed by atoms with Gasteiger partial charge in [0.25, 0.3) is 11.5 Å². The maximum atomic E-state index is 13.3. The van der Waals surface area contributed by atoms with E-state index in [9.17, 15) is 9.59 Å². The molecule has 28 heavy (non-hydrogen) atoms. The van der Waals surface area contributed by atoms with Crippen LogP contribution in [0.15, 0.2) is 41.2 Å². The summed E-state index contributed by atoms with van der Waals surface area (Å²) in [6.07, 6.45) is 1.04. The number of methoxy groups -OCH3 is 1. The number of pyridine rings is 1. The number of aryl methyl sites for hydroxylation is 1. The van der Waals surface area contributed by atoms with Crippen molar-refractivity contribution in [2.75, 3.05) is 20.2 Å². The van der Waals surface area contributed by atoms with Gasteiger partial charge in [0.15, 0.2) is 0 Å². The van der Waals surface area contributed by atoms with E-state index in [0.717, 1.165) is 34.3 Å². The fourth-order valence-corrected chi connectivity index (χ4v) is 4.87. The fraction of sp³-hybridized carbons (Fsp3) is 0.364. The number of likely N-dealkylation sites (tertiary alicyclic amines) is 1. The molecule has 1 N–H and O–H groups in total. The second-order valence-electron chi connectivity index (χ2n) is 7.94. The summed E-state index contributed by atoms with van der Waals surface area (Å²) in [7, 11) is 1.64. The maximum absolute atomic E-state index is 13.3. The number of amides is 1. The van der Waals surface area contributed by atoms with Crippen molar-refractivity contribution in [3.05, 3.63) is 63.7 Å². The number of rotatable bonds is 2. The summed E-state index contributed by atoms with van der Waals surface area (Å²) in [6.45, 7) is 4.01. The lowest BCUT2D eigenvalue weighted by atomic mass is 9.83. The molecule has 0 aliphatic carbocycles. The second kappa shape index (κ2) is 6.26. The summed E-state index contributed by atoms with van der Waals surface area (Å²) in [5, 5.41) is 1.01. The van der Waals surface area contributed by atoms with E-state index >= 15 is 0 Å². The average Bonchev–Trinajstić information content (AvgIpc) is 3.04. The summed E-state index contributed by atoms with van der Waals surface area (Å²) in [5.41, 5.74) is 3.66. The minimum atomic E-state index is 0.0362. The molecule has 5 rings (SSSR count). The Morgan fingerprint density at radius 3 is 2.86 bits per heavy atom. The summed E-state index contributed by atoms with van der Waals surface area (Å²) in [6, 6.07) is 11.3.